The molecule has 0 heterocycles. The van der Waals surface area contributed by atoms with Crippen molar-refractivity contribution in [1.82, 2.24) is 10.6 Å². The number of alkyl carbamates (subject to hydrolysis) is 1. The number of hydrogen-bond acceptors (Lipinski definition) is 5. The number of carbonyl (C=O) groups is 1. The van der Waals surface area contributed by atoms with Gasteiger partial charge in [0.05, 0.1) is 4.92 Å². The van der Waals surface area contributed by atoms with Crippen LogP contribution < -0.4 is 10.6 Å². The first-order valence-corrected chi connectivity index (χ1v) is 7.69. The molecule has 2 rings (SSSR count). The maximum absolute atomic E-state index is 11.6. The summed E-state index contributed by atoms with van der Waals surface area (Å²) in [7, 11) is 0. The lowest BCUT2D eigenvalue weighted by molar-refractivity contribution is -0.384. The molecule has 0 atom stereocenters. The van der Waals surface area contributed by atoms with Crippen molar-refractivity contribution in [1.29, 1.82) is 0 Å². The van der Waals surface area contributed by atoms with E-state index in [9.17, 15) is 14.9 Å². The summed E-state index contributed by atoms with van der Waals surface area (Å²) in [5.74, 6) is 0. The second-order valence-electron chi connectivity index (χ2n) is 6.82. The van der Waals surface area contributed by atoms with E-state index < -0.39 is 10.5 Å². The Bertz CT molecular complexity index is 560. The van der Waals surface area contributed by atoms with Crippen LogP contribution >= 0.6 is 0 Å². The van der Waals surface area contributed by atoms with Crippen molar-refractivity contribution in [3.05, 3.63) is 39.9 Å². The van der Waals surface area contributed by atoms with E-state index in [1.165, 1.54) is 12.1 Å². The molecule has 0 unspecified atom stereocenters. The predicted molar refractivity (Wildman–Crippen MR) is 86.1 cm³/mol. The van der Waals surface area contributed by atoms with Gasteiger partial charge in [-0.2, -0.15) is 0 Å². The van der Waals surface area contributed by atoms with Gasteiger partial charge in [-0.05, 0) is 39.2 Å². The third-order valence-corrected chi connectivity index (χ3v) is 3.60. The summed E-state index contributed by atoms with van der Waals surface area (Å²) in [4.78, 5) is 21.8. The van der Waals surface area contributed by atoms with Crippen molar-refractivity contribution in [3.8, 4) is 0 Å². The van der Waals surface area contributed by atoms with Gasteiger partial charge in [0.2, 0.25) is 0 Å². The molecule has 0 saturated heterocycles. The first-order chi connectivity index (χ1) is 10.7. The largest absolute Gasteiger partial charge is 0.444 e. The molecule has 1 fully saturated rings. The van der Waals surface area contributed by atoms with Gasteiger partial charge in [0.25, 0.3) is 5.69 Å². The Hall–Kier alpha value is -2.15. The van der Waals surface area contributed by atoms with Crippen molar-refractivity contribution in [3.63, 3.8) is 0 Å². The molecular weight excluding hydrogens is 298 g/mol. The molecule has 0 aromatic heterocycles. The highest BCUT2D eigenvalue weighted by Crippen LogP contribution is 2.21. The van der Waals surface area contributed by atoms with Crippen molar-refractivity contribution in [2.24, 2.45) is 0 Å². The number of nitro groups is 1. The summed E-state index contributed by atoms with van der Waals surface area (Å²) >= 11 is 0. The quantitative estimate of drug-likeness (QED) is 0.642. The molecule has 1 aliphatic carbocycles. The Morgan fingerprint density at radius 1 is 1.26 bits per heavy atom. The van der Waals surface area contributed by atoms with Crippen LogP contribution in [-0.2, 0) is 11.3 Å². The minimum absolute atomic E-state index is 0.0963. The number of benzene rings is 1. The Morgan fingerprint density at radius 2 is 1.87 bits per heavy atom. The number of nitro benzene ring substituents is 1. The standard InChI is InChI=1S/C16H23N3O4/c1-16(2,3)23-15(20)18-13-8-12(9-13)17-10-11-4-6-14(7-5-11)19(21)22/h4-7,12-13,17H,8-10H2,1-3H3,(H,18,20). The van der Waals surface area contributed by atoms with E-state index >= 15 is 0 Å². The Balaban J connectivity index is 1.66. The molecule has 1 aromatic rings. The molecule has 0 radical (unpaired) electrons. The SMILES string of the molecule is CC(C)(C)OC(=O)NC1CC(NCc2ccc([N+](=O)[O-])cc2)C1. The first kappa shape index (κ1) is 17.2. The summed E-state index contributed by atoms with van der Waals surface area (Å²) in [6.45, 7) is 6.16. The summed E-state index contributed by atoms with van der Waals surface area (Å²) in [6.07, 6.45) is 1.33. The molecule has 0 spiro atoms. The Kier molecular flexibility index (Phi) is 5.20. The van der Waals surface area contributed by atoms with Crippen molar-refractivity contribution in [2.45, 2.75) is 57.8 Å². The van der Waals surface area contributed by atoms with Crippen LogP contribution in [-0.4, -0.2) is 28.7 Å². The minimum Gasteiger partial charge on any atom is -0.444 e. The fraction of sp³-hybridized carbons (Fsp3) is 0.562. The van der Waals surface area contributed by atoms with Crippen molar-refractivity contribution < 1.29 is 14.5 Å². The average Bonchev–Trinajstić information content (AvgIpc) is 2.39. The second-order valence-corrected chi connectivity index (χ2v) is 6.82. The van der Waals surface area contributed by atoms with Crippen LogP contribution in [0.25, 0.3) is 0 Å². The zero-order chi connectivity index (χ0) is 17.0. The lowest BCUT2D eigenvalue weighted by Crippen LogP contribution is -2.52. The zero-order valence-electron chi connectivity index (χ0n) is 13.7. The van der Waals surface area contributed by atoms with Crippen LogP contribution in [0.4, 0.5) is 10.5 Å². The number of nitrogens with zero attached hydrogens (tertiary/aromatic N) is 1. The van der Waals surface area contributed by atoms with Crippen LogP contribution in [0.2, 0.25) is 0 Å². The van der Waals surface area contributed by atoms with E-state index in [2.05, 4.69) is 10.6 Å². The van der Waals surface area contributed by atoms with Crippen LogP contribution in [0.1, 0.15) is 39.2 Å². The van der Waals surface area contributed by atoms with Gasteiger partial charge in [-0.15, -0.1) is 0 Å². The number of non-ortho nitro benzene ring substituents is 1. The fourth-order valence-electron chi connectivity index (χ4n) is 2.37. The van der Waals surface area contributed by atoms with Gasteiger partial charge < -0.3 is 15.4 Å². The van der Waals surface area contributed by atoms with Gasteiger partial charge in [0.1, 0.15) is 5.60 Å². The molecule has 2 N–H and O–H groups in total. The number of hydrogen-bond donors (Lipinski definition) is 2. The zero-order valence-corrected chi connectivity index (χ0v) is 13.7. The maximum Gasteiger partial charge on any atom is 0.407 e. The number of ether oxygens (including phenoxy) is 1. The van der Waals surface area contributed by atoms with E-state index in [0.29, 0.717) is 12.6 Å². The van der Waals surface area contributed by atoms with Gasteiger partial charge in [0, 0.05) is 30.8 Å². The molecule has 23 heavy (non-hydrogen) atoms. The normalized spacial score (nSPS) is 20.5. The molecule has 7 heteroatoms. The summed E-state index contributed by atoms with van der Waals surface area (Å²) in [5, 5.41) is 16.8. The smallest absolute Gasteiger partial charge is 0.407 e. The molecule has 7 nitrogen and oxygen atoms in total. The molecule has 126 valence electrons. The third-order valence-electron chi connectivity index (χ3n) is 3.60. The van der Waals surface area contributed by atoms with E-state index in [-0.39, 0.29) is 17.8 Å². The van der Waals surface area contributed by atoms with Gasteiger partial charge in [-0.1, -0.05) is 12.1 Å². The highest BCUT2D eigenvalue weighted by Gasteiger charge is 2.31. The van der Waals surface area contributed by atoms with Crippen LogP contribution in [0.15, 0.2) is 24.3 Å². The van der Waals surface area contributed by atoms with Crippen molar-refractivity contribution >= 4 is 11.8 Å². The van der Waals surface area contributed by atoms with E-state index in [4.69, 9.17) is 4.74 Å². The monoisotopic (exact) mass is 321 g/mol. The van der Waals surface area contributed by atoms with E-state index in [1.54, 1.807) is 12.1 Å². The number of rotatable bonds is 5. The fourth-order valence-corrected chi connectivity index (χ4v) is 2.37. The minimum atomic E-state index is -0.485. The second kappa shape index (κ2) is 6.95. The number of nitrogens with one attached hydrogen (secondary N) is 2. The van der Waals surface area contributed by atoms with Gasteiger partial charge in [0.15, 0.2) is 0 Å². The molecule has 1 amide bonds. The van der Waals surface area contributed by atoms with Gasteiger partial charge >= 0.3 is 6.09 Å². The van der Waals surface area contributed by atoms with Gasteiger partial charge in [-0.3, -0.25) is 10.1 Å². The number of carbonyl (C=O) groups excluding carboxylic acids is 1. The molecule has 0 bridgehead atoms. The van der Waals surface area contributed by atoms with Crippen LogP contribution in [0.3, 0.4) is 0 Å². The highest BCUT2D eigenvalue weighted by atomic mass is 16.6. The molecule has 1 saturated carbocycles. The number of amides is 1. The topological polar surface area (TPSA) is 93.5 Å². The van der Waals surface area contributed by atoms with Gasteiger partial charge in [-0.25, -0.2) is 4.79 Å². The van der Waals surface area contributed by atoms with Crippen LogP contribution in [0, 0.1) is 10.1 Å². The summed E-state index contributed by atoms with van der Waals surface area (Å²) < 4.78 is 5.21. The molecule has 0 aliphatic heterocycles. The summed E-state index contributed by atoms with van der Waals surface area (Å²) in [6, 6.07) is 6.99. The Morgan fingerprint density at radius 3 is 2.39 bits per heavy atom. The van der Waals surface area contributed by atoms with Crippen molar-refractivity contribution in [2.75, 3.05) is 0 Å². The highest BCUT2D eigenvalue weighted by molar-refractivity contribution is 5.68. The van der Waals surface area contributed by atoms with E-state index in [1.807, 2.05) is 20.8 Å². The first-order valence-electron chi connectivity index (χ1n) is 7.69. The van der Waals surface area contributed by atoms with Crippen LogP contribution in [0.5, 0.6) is 0 Å². The summed E-state index contributed by atoms with van der Waals surface area (Å²) in [5.41, 5.74) is 0.611. The predicted octanol–water partition coefficient (Wildman–Crippen LogP) is 2.74. The molecular formula is C16H23N3O4. The lowest BCUT2D eigenvalue weighted by atomic mass is 9.87. The lowest BCUT2D eigenvalue weighted by Gasteiger charge is -2.36. The Labute approximate surface area is 135 Å². The maximum atomic E-state index is 11.6. The average molecular weight is 321 g/mol. The van der Waals surface area contributed by atoms with E-state index in [0.717, 1.165) is 18.4 Å². The molecule has 1 aliphatic rings. The molecule has 1 aromatic carbocycles. The third kappa shape index (κ3) is 5.52.